The molecule has 0 saturated carbocycles. The molecule has 10 heteroatoms. The highest BCUT2D eigenvalue weighted by Gasteiger charge is 2.35. The summed E-state index contributed by atoms with van der Waals surface area (Å²) in [5.41, 5.74) is 3.42. The summed E-state index contributed by atoms with van der Waals surface area (Å²) in [5.74, 6) is -0.564. The van der Waals surface area contributed by atoms with Crippen molar-refractivity contribution in [2.45, 2.75) is 16.7 Å². The fraction of sp³-hybridized carbons (Fsp3) is 0.0741. The van der Waals surface area contributed by atoms with Crippen LogP contribution in [-0.2, 0) is 24.8 Å². The van der Waals surface area contributed by atoms with E-state index in [-0.39, 0.29) is 9.79 Å². The third kappa shape index (κ3) is 4.81. The quantitative estimate of drug-likeness (QED) is 0.376. The molecule has 0 spiro atoms. The van der Waals surface area contributed by atoms with Crippen LogP contribution in [0.2, 0.25) is 0 Å². The zero-order valence-corrected chi connectivity index (χ0v) is 21.4. The molecule has 188 valence electrons. The maximum absolute atomic E-state index is 13.4. The van der Waals surface area contributed by atoms with Crippen LogP contribution < -0.4 is 14.3 Å². The average molecular weight is 534 g/mol. The lowest BCUT2D eigenvalue weighted by Gasteiger charge is -2.31. The number of sulfonamides is 2. The number of aryl methyl sites for hydroxylation is 1. The van der Waals surface area contributed by atoms with Crippen molar-refractivity contribution in [3.05, 3.63) is 103 Å². The van der Waals surface area contributed by atoms with Gasteiger partial charge in [0.25, 0.3) is 20.0 Å². The fourth-order valence-electron chi connectivity index (χ4n) is 4.22. The number of nitrogens with zero attached hydrogens (tertiary/aromatic N) is 1. The second-order valence-electron chi connectivity index (χ2n) is 8.57. The van der Waals surface area contributed by atoms with E-state index in [1.165, 1.54) is 30.3 Å². The van der Waals surface area contributed by atoms with Crippen LogP contribution in [0.25, 0.3) is 11.1 Å². The molecule has 4 aromatic rings. The minimum atomic E-state index is -3.96. The third-order valence-corrected chi connectivity index (χ3v) is 9.14. The van der Waals surface area contributed by atoms with Crippen LogP contribution in [-0.4, -0.2) is 29.3 Å². The molecule has 37 heavy (non-hydrogen) atoms. The Bertz CT molecular complexity index is 1720. The number of carbonyl (C=O) groups is 1. The lowest BCUT2D eigenvalue weighted by atomic mass is 10.0. The predicted octanol–water partition coefficient (Wildman–Crippen LogP) is 4.61. The summed E-state index contributed by atoms with van der Waals surface area (Å²) in [6.45, 7) is 1.42. The summed E-state index contributed by atoms with van der Waals surface area (Å²) in [4.78, 5) is 13.1. The molecule has 0 aliphatic carbocycles. The molecule has 2 N–H and O–H groups in total. The number of rotatable bonds is 6. The molecule has 8 nitrogen and oxygen atoms in total. The molecule has 0 atom stereocenters. The van der Waals surface area contributed by atoms with Crippen LogP contribution in [0.5, 0.6) is 0 Å². The monoisotopic (exact) mass is 533 g/mol. The van der Waals surface area contributed by atoms with Gasteiger partial charge in [0.05, 0.1) is 15.5 Å². The van der Waals surface area contributed by atoms with Crippen LogP contribution in [0.4, 0.5) is 17.1 Å². The highest BCUT2D eigenvalue weighted by atomic mass is 32.2. The molecule has 0 bridgehead atoms. The first kappa shape index (κ1) is 24.5. The Labute approximate surface area is 215 Å². The summed E-state index contributed by atoms with van der Waals surface area (Å²) in [7, 11) is -7.78. The van der Waals surface area contributed by atoms with Crippen molar-refractivity contribution in [1.29, 1.82) is 0 Å². The van der Waals surface area contributed by atoms with E-state index in [9.17, 15) is 21.6 Å². The molecule has 1 aliphatic heterocycles. The summed E-state index contributed by atoms with van der Waals surface area (Å²) in [5, 5.41) is 2.66. The Morgan fingerprint density at radius 1 is 0.811 bits per heavy atom. The first-order valence-corrected chi connectivity index (χ1v) is 14.3. The van der Waals surface area contributed by atoms with Gasteiger partial charge in [0.1, 0.15) is 6.54 Å². The van der Waals surface area contributed by atoms with Gasteiger partial charge in [-0.15, -0.1) is 0 Å². The van der Waals surface area contributed by atoms with Crippen molar-refractivity contribution in [1.82, 2.24) is 0 Å². The lowest BCUT2D eigenvalue weighted by Crippen LogP contribution is -2.40. The van der Waals surface area contributed by atoms with Crippen molar-refractivity contribution in [2.24, 2.45) is 0 Å². The number of carbonyl (C=O) groups excluding carboxylic acids is 1. The van der Waals surface area contributed by atoms with Gasteiger partial charge in [-0.3, -0.25) is 13.8 Å². The number of para-hydroxylation sites is 1. The molecule has 1 aliphatic rings. The van der Waals surface area contributed by atoms with Crippen LogP contribution >= 0.6 is 0 Å². The standard InChI is InChI=1S/C27H23N3O5S2/c1-19-7-6-8-21(17-19)29-36(32,33)22-15-13-20(14-16-22)28-27(31)18-30-25-11-4-2-9-23(25)24-10-3-5-12-26(24)37(30,34)35/h2-17,29H,18H2,1H3,(H,28,31). The molecule has 4 aromatic carbocycles. The highest BCUT2D eigenvalue weighted by Crippen LogP contribution is 2.42. The van der Waals surface area contributed by atoms with E-state index in [1.807, 2.05) is 25.1 Å². The third-order valence-electron chi connectivity index (χ3n) is 5.92. The fourth-order valence-corrected chi connectivity index (χ4v) is 6.92. The summed E-state index contributed by atoms with van der Waals surface area (Å²) in [6.07, 6.45) is 0. The molecule has 1 amide bonds. The highest BCUT2D eigenvalue weighted by molar-refractivity contribution is 7.93. The SMILES string of the molecule is Cc1cccc(NS(=O)(=O)c2ccc(NC(=O)CN3c4ccccc4-c4ccccc4S3(=O)=O)cc2)c1. The van der Waals surface area contributed by atoms with Gasteiger partial charge in [-0.2, -0.15) is 0 Å². The molecule has 1 heterocycles. The number of hydrogen-bond donors (Lipinski definition) is 2. The van der Waals surface area contributed by atoms with E-state index in [0.29, 0.717) is 22.6 Å². The van der Waals surface area contributed by atoms with E-state index in [1.54, 1.807) is 48.5 Å². The van der Waals surface area contributed by atoms with Gasteiger partial charge in [0.2, 0.25) is 5.91 Å². The summed E-state index contributed by atoms with van der Waals surface area (Å²) in [6, 6.07) is 26.3. The number of benzene rings is 4. The molecular weight excluding hydrogens is 510 g/mol. The van der Waals surface area contributed by atoms with Gasteiger partial charge >= 0.3 is 0 Å². The smallest absolute Gasteiger partial charge is 0.265 e. The largest absolute Gasteiger partial charge is 0.325 e. The van der Waals surface area contributed by atoms with E-state index < -0.39 is 32.5 Å². The van der Waals surface area contributed by atoms with E-state index >= 15 is 0 Å². The van der Waals surface area contributed by atoms with Gasteiger partial charge in [-0.25, -0.2) is 16.8 Å². The van der Waals surface area contributed by atoms with Gasteiger partial charge in [-0.1, -0.05) is 48.5 Å². The number of anilines is 3. The van der Waals surface area contributed by atoms with Crippen LogP contribution in [0.15, 0.2) is 107 Å². The summed E-state index contributed by atoms with van der Waals surface area (Å²) < 4.78 is 55.8. The molecular formula is C27H23N3O5S2. The molecule has 0 radical (unpaired) electrons. The Morgan fingerprint density at radius 3 is 2.22 bits per heavy atom. The van der Waals surface area contributed by atoms with E-state index in [0.717, 1.165) is 15.4 Å². The van der Waals surface area contributed by atoms with Crippen LogP contribution in [0.3, 0.4) is 0 Å². The van der Waals surface area contributed by atoms with E-state index in [4.69, 9.17) is 0 Å². The van der Waals surface area contributed by atoms with Crippen molar-refractivity contribution >= 4 is 43.0 Å². The minimum absolute atomic E-state index is 0.0242. The topological polar surface area (TPSA) is 113 Å². The number of fused-ring (bicyclic) bond motifs is 3. The van der Waals surface area contributed by atoms with Gasteiger partial charge < -0.3 is 5.32 Å². The number of hydrogen-bond acceptors (Lipinski definition) is 5. The lowest BCUT2D eigenvalue weighted by molar-refractivity contribution is -0.114. The summed E-state index contributed by atoms with van der Waals surface area (Å²) >= 11 is 0. The Balaban J connectivity index is 1.34. The second-order valence-corrected chi connectivity index (χ2v) is 12.1. The average Bonchev–Trinajstić information content (AvgIpc) is 2.87. The zero-order valence-electron chi connectivity index (χ0n) is 19.7. The minimum Gasteiger partial charge on any atom is -0.325 e. The molecule has 0 fully saturated rings. The van der Waals surface area contributed by atoms with Crippen molar-refractivity contribution in [2.75, 3.05) is 20.9 Å². The first-order chi connectivity index (χ1) is 17.6. The van der Waals surface area contributed by atoms with Gasteiger partial charge in [0.15, 0.2) is 0 Å². The van der Waals surface area contributed by atoms with Crippen LogP contribution in [0.1, 0.15) is 5.56 Å². The molecule has 0 aromatic heterocycles. The van der Waals surface area contributed by atoms with Crippen molar-refractivity contribution in [3.63, 3.8) is 0 Å². The maximum atomic E-state index is 13.4. The Kier molecular flexibility index (Phi) is 6.22. The van der Waals surface area contributed by atoms with E-state index in [2.05, 4.69) is 10.0 Å². The molecule has 0 saturated heterocycles. The molecule has 0 unspecified atom stereocenters. The second kappa shape index (κ2) is 9.38. The first-order valence-electron chi connectivity index (χ1n) is 11.4. The van der Waals surface area contributed by atoms with Crippen molar-refractivity contribution in [3.8, 4) is 11.1 Å². The Morgan fingerprint density at radius 2 is 1.49 bits per heavy atom. The van der Waals surface area contributed by atoms with Crippen LogP contribution in [0, 0.1) is 6.92 Å². The van der Waals surface area contributed by atoms with Gasteiger partial charge in [-0.05, 0) is 61.0 Å². The number of nitrogens with one attached hydrogen (secondary N) is 2. The number of amides is 1. The van der Waals surface area contributed by atoms with Crippen molar-refractivity contribution < 1.29 is 21.6 Å². The van der Waals surface area contributed by atoms with Gasteiger partial charge in [0, 0.05) is 22.5 Å². The normalized spacial score (nSPS) is 13.8. The predicted molar refractivity (Wildman–Crippen MR) is 143 cm³/mol. The zero-order chi connectivity index (χ0) is 26.2. The molecule has 5 rings (SSSR count). The Hall–Kier alpha value is -4.15. The maximum Gasteiger partial charge on any atom is 0.265 e.